The molecule has 0 aliphatic heterocycles. The Kier molecular flexibility index (Phi) is 5.13. The summed E-state index contributed by atoms with van der Waals surface area (Å²) in [6.45, 7) is 0.0987. The largest absolute Gasteiger partial charge is 0.350 e. The second-order valence-electron chi connectivity index (χ2n) is 5.70. The van der Waals surface area contributed by atoms with Crippen LogP contribution < -0.4 is 10.9 Å². The van der Waals surface area contributed by atoms with Crippen molar-refractivity contribution in [2.75, 3.05) is 5.75 Å². The van der Waals surface area contributed by atoms with Crippen LogP contribution in [0.3, 0.4) is 0 Å². The van der Waals surface area contributed by atoms with E-state index < -0.39 is 15.7 Å². The first-order valence-electron chi connectivity index (χ1n) is 7.98. The summed E-state index contributed by atoms with van der Waals surface area (Å²) in [6, 6.07) is 15.0. The Morgan fingerprint density at radius 1 is 1.00 bits per heavy atom. The molecular formula is C18H17N3O4S. The summed E-state index contributed by atoms with van der Waals surface area (Å²) < 4.78 is 24.4. The summed E-state index contributed by atoms with van der Waals surface area (Å²) in [5, 5.41) is 10.1. The van der Waals surface area contributed by atoms with Gasteiger partial charge in [-0.2, -0.15) is 5.10 Å². The van der Waals surface area contributed by atoms with E-state index in [0.29, 0.717) is 16.5 Å². The van der Waals surface area contributed by atoms with Gasteiger partial charge in [-0.25, -0.2) is 13.5 Å². The molecule has 7 nitrogen and oxygen atoms in total. The predicted octanol–water partition coefficient (Wildman–Crippen LogP) is 1.40. The van der Waals surface area contributed by atoms with E-state index in [-0.39, 0.29) is 29.2 Å². The smallest absolute Gasteiger partial charge is 0.272 e. The average Bonchev–Trinajstić information content (AvgIpc) is 2.67. The normalized spacial score (nSPS) is 11.4. The molecule has 3 aromatic rings. The van der Waals surface area contributed by atoms with Crippen LogP contribution in [0.15, 0.2) is 64.3 Å². The molecule has 0 spiro atoms. The molecule has 2 aromatic carbocycles. The van der Waals surface area contributed by atoms with E-state index in [0.717, 1.165) is 0 Å². The highest BCUT2D eigenvalue weighted by Gasteiger charge is 2.16. The monoisotopic (exact) mass is 371 g/mol. The van der Waals surface area contributed by atoms with Crippen LogP contribution in [-0.4, -0.2) is 30.3 Å². The van der Waals surface area contributed by atoms with Crippen LogP contribution in [0, 0.1) is 0 Å². The van der Waals surface area contributed by atoms with Gasteiger partial charge in [0, 0.05) is 11.8 Å². The number of rotatable bonds is 6. The topological polar surface area (TPSA) is 109 Å². The van der Waals surface area contributed by atoms with Gasteiger partial charge in [0.05, 0.1) is 28.3 Å². The van der Waals surface area contributed by atoms with Gasteiger partial charge in [-0.15, -0.1) is 0 Å². The number of benzene rings is 2. The molecule has 0 aliphatic rings. The van der Waals surface area contributed by atoms with E-state index in [4.69, 9.17) is 0 Å². The summed E-state index contributed by atoms with van der Waals surface area (Å²) in [6.07, 6.45) is -0.154. The number of nitrogens with zero attached hydrogens (tertiary/aromatic N) is 1. The number of aromatic nitrogens is 2. The van der Waals surface area contributed by atoms with Gasteiger partial charge in [0.1, 0.15) is 0 Å². The maximum Gasteiger partial charge on any atom is 0.272 e. The molecule has 8 heteroatoms. The van der Waals surface area contributed by atoms with Crippen LogP contribution >= 0.6 is 0 Å². The van der Waals surface area contributed by atoms with E-state index in [2.05, 4.69) is 15.5 Å². The van der Waals surface area contributed by atoms with Crippen LogP contribution in [0.25, 0.3) is 10.8 Å². The minimum absolute atomic E-state index is 0.0987. The zero-order chi connectivity index (χ0) is 18.6. The van der Waals surface area contributed by atoms with E-state index in [1.807, 2.05) is 0 Å². The molecular weight excluding hydrogens is 354 g/mol. The fourth-order valence-electron chi connectivity index (χ4n) is 2.55. The van der Waals surface area contributed by atoms with Gasteiger partial charge in [0.15, 0.2) is 9.84 Å². The molecule has 0 radical (unpaired) electrons. The minimum Gasteiger partial charge on any atom is -0.350 e. The Balaban J connectivity index is 1.64. The number of carbonyl (C=O) groups excluding carboxylic acids is 1. The van der Waals surface area contributed by atoms with Crippen molar-refractivity contribution in [3.8, 4) is 0 Å². The maximum absolute atomic E-state index is 12.2. The third kappa shape index (κ3) is 3.97. The lowest BCUT2D eigenvalue weighted by atomic mass is 10.1. The minimum atomic E-state index is -3.50. The number of hydrogen-bond donors (Lipinski definition) is 2. The molecule has 0 bridgehead atoms. The third-order valence-electron chi connectivity index (χ3n) is 3.93. The molecule has 0 unspecified atom stereocenters. The second kappa shape index (κ2) is 7.49. The number of hydrogen-bond acceptors (Lipinski definition) is 5. The van der Waals surface area contributed by atoms with Crippen molar-refractivity contribution < 1.29 is 13.2 Å². The number of aromatic amines is 1. The molecule has 0 aliphatic carbocycles. The lowest BCUT2D eigenvalue weighted by Gasteiger charge is -2.08. The third-order valence-corrected chi connectivity index (χ3v) is 5.66. The van der Waals surface area contributed by atoms with Crippen molar-refractivity contribution in [3.05, 3.63) is 70.6 Å². The summed E-state index contributed by atoms with van der Waals surface area (Å²) >= 11 is 0. The molecule has 2 N–H and O–H groups in total. The van der Waals surface area contributed by atoms with Gasteiger partial charge in [-0.3, -0.25) is 9.59 Å². The number of amides is 1. The van der Waals surface area contributed by atoms with Gasteiger partial charge >= 0.3 is 0 Å². The van der Waals surface area contributed by atoms with E-state index in [1.165, 1.54) is 12.1 Å². The molecule has 26 heavy (non-hydrogen) atoms. The highest BCUT2D eigenvalue weighted by molar-refractivity contribution is 7.91. The van der Waals surface area contributed by atoms with Gasteiger partial charge in [-0.05, 0) is 18.2 Å². The first-order chi connectivity index (χ1) is 12.5. The zero-order valence-electron chi connectivity index (χ0n) is 13.8. The van der Waals surface area contributed by atoms with Crippen molar-refractivity contribution in [3.63, 3.8) is 0 Å². The van der Waals surface area contributed by atoms with Crippen molar-refractivity contribution >= 4 is 26.5 Å². The quantitative estimate of drug-likeness (QED) is 0.681. The van der Waals surface area contributed by atoms with Crippen molar-refractivity contribution in [2.24, 2.45) is 0 Å². The molecule has 3 rings (SSSR count). The van der Waals surface area contributed by atoms with E-state index in [9.17, 15) is 18.0 Å². The van der Waals surface area contributed by atoms with E-state index in [1.54, 1.807) is 42.5 Å². The number of sulfone groups is 1. The zero-order valence-corrected chi connectivity index (χ0v) is 14.6. The Morgan fingerprint density at radius 2 is 1.65 bits per heavy atom. The predicted molar refractivity (Wildman–Crippen MR) is 97.3 cm³/mol. The summed E-state index contributed by atoms with van der Waals surface area (Å²) in [4.78, 5) is 24.0. The average molecular weight is 371 g/mol. The molecule has 0 saturated heterocycles. The molecule has 0 atom stereocenters. The van der Waals surface area contributed by atoms with Crippen molar-refractivity contribution in [1.29, 1.82) is 0 Å². The van der Waals surface area contributed by atoms with Gasteiger partial charge in [0.2, 0.25) is 5.91 Å². The standard InChI is InChI=1S/C18H17N3O4S/c22-17(10-11-26(24,25)13-6-2-1-3-7-13)19-12-16-14-8-4-5-9-15(14)18(23)21-20-16/h1-9H,10-12H2,(H,19,22)(H,21,23). The lowest BCUT2D eigenvalue weighted by molar-refractivity contribution is -0.120. The number of H-pyrrole nitrogens is 1. The first kappa shape index (κ1) is 17.8. The van der Waals surface area contributed by atoms with Crippen LogP contribution in [0.4, 0.5) is 0 Å². The molecule has 0 saturated carbocycles. The molecule has 134 valence electrons. The Labute approximate surface area is 150 Å². The fraction of sp³-hybridized carbons (Fsp3) is 0.167. The van der Waals surface area contributed by atoms with Crippen LogP contribution in [0.1, 0.15) is 12.1 Å². The Hall–Kier alpha value is -3.00. The second-order valence-corrected chi connectivity index (χ2v) is 7.81. The van der Waals surface area contributed by atoms with Crippen LogP contribution in [-0.2, 0) is 21.2 Å². The lowest BCUT2D eigenvalue weighted by Crippen LogP contribution is -2.26. The van der Waals surface area contributed by atoms with Gasteiger partial charge < -0.3 is 5.32 Å². The van der Waals surface area contributed by atoms with Crippen molar-refractivity contribution in [1.82, 2.24) is 15.5 Å². The molecule has 1 heterocycles. The molecule has 0 fully saturated rings. The summed E-state index contributed by atoms with van der Waals surface area (Å²) in [5.74, 6) is -0.676. The first-order valence-corrected chi connectivity index (χ1v) is 9.63. The number of fused-ring (bicyclic) bond motifs is 1. The molecule has 1 amide bonds. The van der Waals surface area contributed by atoms with Crippen molar-refractivity contribution in [2.45, 2.75) is 17.9 Å². The highest BCUT2D eigenvalue weighted by Crippen LogP contribution is 2.13. The summed E-state index contributed by atoms with van der Waals surface area (Å²) in [7, 11) is -3.50. The molecule has 1 aromatic heterocycles. The number of carbonyl (C=O) groups is 1. The van der Waals surface area contributed by atoms with Gasteiger partial charge in [-0.1, -0.05) is 36.4 Å². The highest BCUT2D eigenvalue weighted by atomic mass is 32.2. The van der Waals surface area contributed by atoms with Crippen LogP contribution in [0.2, 0.25) is 0 Å². The van der Waals surface area contributed by atoms with Crippen LogP contribution in [0.5, 0.6) is 0 Å². The Bertz CT molecular complexity index is 1090. The summed E-state index contributed by atoms with van der Waals surface area (Å²) in [5.41, 5.74) is 0.212. The van der Waals surface area contributed by atoms with Gasteiger partial charge in [0.25, 0.3) is 5.56 Å². The Morgan fingerprint density at radius 3 is 2.38 bits per heavy atom. The maximum atomic E-state index is 12.2. The fourth-order valence-corrected chi connectivity index (χ4v) is 3.81. The number of nitrogens with one attached hydrogen (secondary N) is 2. The van der Waals surface area contributed by atoms with E-state index >= 15 is 0 Å². The SMILES string of the molecule is O=C(CCS(=O)(=O)c1ccccc1)NCc1n[nH]c(=O)c2ccccc12.